The Labute approximate surface area is 231 Å². The van der Waals surface area contributed by atoms with Gasteiger partial charge in [-0.2, -0.15) is 0 Å². The zero-order valence-electron chi connectivity index (χ0n) is 23.8. The third-order valence-corrected chi connectivity index (χ3v) is 8.32. The quantitative estimate of drug-likeness (QED) is 0.582. The zero-order chi connectivity index (χ0) is 28.4. The van der Waals surface area contributed by atoms with Crippen molar-refractivity contribution in [3.05, 3.63) is 41.5 Å². The highest BCUT2D eigenvalue weighted by atomic mass is 16.5. The molecule has 8 nitrogen and oxygen atoms in total. The number of amides is 2. The van der Waals surface area contributed by atoms with Gasteiger partial charge in [-0.15, -0.1) is 0 Å². The number of hydrogen-bond donors (Lipinski definition) is 2. The molecular weight excluding hydrogens is 496 g/mol. The summed E-state index contributed by atoms with van der Waals surface area (Å²) in [6.07, 6.45) is 6.12. The number of carboxylic acid groups (broad SMARTS) is 1. The Hall–Kier alpha value is -3.13. The molecule has 2 N–H and O–H groups in total. The van der Waals surface area contributed by atoms with Crippen LogP contribution in [-0.4, -0.2) is 60.6 Å². The molecule has 8 heteroatoms. The average molecular weight is 539 g/mol. The third-order valence-electron chi connectivity index (χ3n) is 8.32. The standard InChI is InChI=1S/C31H42N2O6/c1-30(2,3)27-28(35)33-19-31(39-5,18-24(33)29(36)37)23-14-13-20-17-25(38-4)21(15-22(20)16-23)11-9-7-6-8-10-12-26(34)32-27/h13-17,24,27H,6-12,18-19H2,1-5H3,(H,32,34)(H,36,37)/t24-,27+,31-/m0/s1. The van der Waals surface area contributed by atoms with Crippen LogP contribution in [0.15, 0.2) is 30.3 Å². The van der Waals surface area contributed by atoms with Crippen molar-refractivity contribution in [2.24, 2.45) is 5.41 Å². The van der Waals surface area contributed by atoms with E-state index in [2.05, 4.69) is 11.4 Å². The van der Waals surface area contributed by atoms with Crippen LogP contribution in [0.3, 0.4) is 0 Å². The smallest absolute Gasteiger partial charge is 0.326 e. The molecule has 0 radical (unpaired) electrons. The number of fused-ring (bicyclic) bond motifs is 5. The van der Waals surface area contributed by atoms with Crippen molar-refractivity contribution in [2.45, 2.75) is 89.8 Å². The number of nitrogens with one attached hydrogen (secondary N) is 1. The highest BCUT2D eigenvalue weighted by molar-refractivity contribution is 5.92. The van der Waals surface area contributed by atoms with Crippen LogP contribution in [0.4, 0.5) is 0 Å². The van der Waals surface area contributed by atoms with Gasteiger partial charge in [0.15, 0.2) is 0 Å². The molecule has 2 amide bonds. The number of hydrogen-bond acceptors (Lipinski definition) is 5. The Morgan fingerprint density at radius 3 is 2.33 bits per heavy atom. The number of carboxylic acids is 1. The summed E-state index contributed by atoms with van der Waals surface area (Å²) in [7, 11) is 3.25. The Balaban J connectivity index is 1.81. The minimum Gasteiger partial charge on any atom is -0.496 e. The lowest BCUT2D eigenvalue weighted by atomic mass is 9.85. The summed E-state index contributed by atoms with van der Waals surface area (Å²) >= 11 is 0. The largest absolute Gasteiger partial charge is 0.496 e. The number of ether oxygens (including phenoxy) is 2. The number of nitrogens with zero attached hydrogens (tertiary/aromatic N) is 1. The summed E-state index contributed by atoms with van der Waals surface area (Å²) in [5.41, 5.74) is 0.350. The maximum absolute atomic E-state index is 14.0. The summed E-state index contributed by atoms with van der Waals surface area (Å²) in [4.78, 5) is 40.7. The van der Waals surface area contributed by atoms with Gasteiger partial charge in [0.05, 0.1) is 13.7 Å². The molecule has 212 valence electrons. The predicted octanol–water partition coefficient (Wildman–Crippen LogP) is 4.80. The molecule has 2 aliphatic rings. The van der Waals surface area contributed by atoms with Gasteiger partial charge in [0.25, 0.3) is 0 Å². The second-order valence-corrected chi connectivity index (χ2v) is 12.1. The first-order valence-electron chi connectivity index (χ1n) is 14.0. The van der Waals surface area contributed by atoms with Crippen molar-refractivity contribution in [3.63, 3.8) is 0 Å². The second kappa shape index (κ2) is 11.5. The van der Waals surface area contributed by atoms with E-state index in [1.807, 2.05) is 45.0 Å². The lowest BCUT2D eigenvalue weighted by Crippen LogP contribution is -2.57. The van der Waals surface area contributed by atoms with Crippen LogP contribution in [0.25, 0.3) is 10.8 Å². The fraction of sp³-hybridized carbons (Fsp3) is 0.581. The maximum Gasteiger partial charge on any atom is 0.326 e. The minimum absolute atomic E-state index is 0.0796. The van der Waals surface area contributed by atoms with Crippen molar-refractivity contribution in [1.82, 2.24) is 10.2 Å². The first-order chi connectivity index (χ1) is 18.5. The molecular formula is C31H42N2O6. The van der Waals surface area contributed by atoms with Crippen LogP contribution in [0, 0.1) is 5.41 Å². The number of carbonyl (C=O) groups excluding carboxylic acids is 2. The van der Waals surface area contributed by atoms with Crippen molar-refractivity contribution in [2.75, 3.05) is 20.8 Å². The second-order valence-electron chi connectivity index (χ2n) is 12.1. The Morgan fingerprint density at radius 1 is 1.00 bits per heavy atom. The van der Waals surface area contributed by atoms with Crippen LogP contribution >= 0.6 is 0 Å². The molecule has 2 aromatic rings. The van der Waals surface area contributed by atoms with Crippen LogP contribution in [0.5, 0.6) is 5.75 Å². The fourth-order valence-corrected chi connectivity index (χ4v) is 5.97. The highest BCUT2D eigenvalue weighted by Gasteiger charge is 2.52. The first-order valence-corrected chi connectivity index (χ1v) is 14.0. The number of methoxy groups -OCH3 is 2. The van der Waals surface area contributed by atoms with E-state index >= 15 is 0 Å². The normalized spacial score (nSPS) is 25.3. The van der Waals surface area contributed by atoms with Crippen molar-refractivity contribution >= 4 is 28.6 Å². The van der Waals surface area contributed by atoms with E-state index in [0.717, 1.165) is 66.2 Å². The number of rotatable bonds is 3. The molecule has 2 aromatic carbocycles. The van der Waals surface area contributed by atoms with Gasteiger partial charge in [0.1, 0.15) is 23.4 Å². The van der Waals surface area contributed by atoms with Gasteiger partial charge >= 0.3 is 5.97 Å². The van der Waals surface area contributed by atoms with E-state index in [9.17, 15) is 19.5 Å². The van der Waals surface area contributed by atoms with Gasteiger partial charge < -0.3 is 24.8 Å². The predicted molar refractivity (Wildman–Crippen MR) is 150 cm³/mol. The average Bonchev–Trinajstić information content (AvgIpc) is 3.31. The molecule has 2 aliphatic heterocycles. The summed E-state index contributed by atoms with van der Waals surface area (Å²) < 4.78 is 11.8. The van der Waals surface area contributed by atoms with E-state index in [-0.39, 0.29) is 18.9 Å². The van der Waals surface area contributed by atoms with Crippen LogP contribution < -0.4 is 10.1 Å². The minimum atomic E-state index is -1.09. The van der Waals surface area contributed by atoms with E-state index in [0.29, 0.717) is 6.42 Å². The van der Waals surface area contributed by atoms with E-state index in [4.69, 9.17) is 9.47 Å². The topological polar surface area (TPSA) is 105 Å². The molecule has 0 aliphatic carbocycles. The Bertz CT molecular complexity index is 1240. The van der Waals surface area contributed by atoms with E-state index in [1.165, 1.54) is 4.90 Å². The molecule has 1 fully saturated rings. The van der Waals surface area contributed by atoms with Gasteiger partial charge in [0, 0.05) is 20.0 Å². The van der Waals surface area contributed by atoms with Gasteiger partial charge in [-0.05, 0) is 64.8 Å². The van der Waals surface area contributed by atoms with Crippen molar-refractivity contribution in [3.8, 4) is 5.75 Å². The lowest BCUT2D eigenvalue weighted by molar-refractivity contribution is -0.150. The van der Waals surface area contributed by atoms with Gasteiger partial charge in [-0.25, -0.2) is 4.79 Å². The molecule has 0 aromatic heterocycles. The molecule has 3 atom stereocenters. The van der Waals surface area contributed by atoms with Crippen LogP contribution in [-0.2, 0) is 31.1 Å². The molecule has 1 saturated heterocycles. The fourth-order valence-electron chi connectivity index (χ4n) is 5.97. The number of benzene rings is 2. The molecule has 39 heavy (non-hydrogen) atoms. The summed E-state index contributed by atoms with van der Waals surface area (Å²) in [5, 5.41) is 15.2. The SMILES string of the molecule is COc1cc2ccc3cc2cc1CCCCCCCC(=O)N[C@@H](C(C)(C)C)C(=O)N1C[C@@]3(OC)C[C@H]1C(=O)O. The third kappa shape index (κ3) is 6.06. The van der Waals surface area contributed by atoms with Gasteiger partial charge in [0.2, 0.25) is 11.8 Å². The number of carbonyl (C=O) groups is 3. The number of aliphatic carboxylic acids is 1. The maximum atomic E-state index is 14.0. The molecule has 0 spiro atoms. The first kappa shape index (κ1) is 28.9. The molecule has 0 unspecified atom stereocenters. The monoisotopic (exact) mass is 538 g/mol. The van der Waals surface area contributed by atoms with Crippen molar-refractivity contribution < 1.29 is 29.0 Å². The molecule has 2 heterocycles. The highest BCUT2D eigenvalue weighted by Crippen LogP contribution is 2.42. The number of aryl methyl sites for hydroxylation is 1. The molecule has 4 rings (SSSR count). The summed E-state index contributed by atoms with van der Waals surface area (Å²) in [6, 6.07) is 8.26. The lowest BCUT2D eigenvalue weighted by Gasteiger charge is -2.35. The van der Waals surface area contributed by atoms with Crippen molar-refractivity contribution in [1.29, 1.82) is 0 Å². The van der Waals surface area contributed by atoms with Crippen LogP contribution in [0.1, 0.15) is 76.8 Å². The van der Waals surface area contributed by atoms with E-state index < -0.39 is 35.0 Å². The Kier molecular flexibility index (Phi) is 8.54. The Morgan fingerprint density at radius 2 is 1.69 bits per heavy atom. The zero-order valence-corrected chi connectivity index (χ0v) is 23.8. The van der Waals surface area contributed by atoms with Gasteiger partial charge in [-0.3, -0.25) is 9.59 Å². The van der Waals surface area contributed by atoms with Crippen LogP contribution in [0.2, 0.25) is 0 Å². The van der Waals surface area contributed by atoms with Gasteiger partial charge in [-0.1, -0.05) is 52.2 Å². The summed E-state index contributed by atoms with van der Waals surface area (Å²) in [5.74, 6) is -0.809. The molecule has 5 bridgehead atoms. The van der Waals surface area contributed by atoms with E-state index in [1.54, 1.807) is 14.2 Å². The summed E-state index contributed by atoms with van der Waals surface area (Å²) in [6.45, 7) is 5.73. The molecule has 0 saturated carbocycles.